The molecule has 3 aromatic rings. The fourth-order valence-corrected chi connectivity index (χ4v) is 3.63. The van der Waals surface area contributed by atoms with Crippen LogP contribution in [0.4, 0.5) is 5.69 Å². The average molecular weight is 410 g/mol. The van der Waals surface area contributed by atoms with Crippen molar-refractivity contribution >= 4 is 23.2 Å². The molecule has 1 saturated heterocycles. The molecule has 0 aliphatic carbocycles. The summed E-state index contributed by atoms with van der Waals surface area (Å²) in [5, 5.41) is 7.58. The van der Waals surface area contributed by atoms with Crippen molar-refractivity contribution in [3.63, 3.8) is 0 Å². The normalized spacial score (nSPS) is 16.8. The van der Waals surface area contributed by atoms with E-state index in [2.05, 4.69) is 31.6 Å². The lowest BCUT2D eigenvalue weighted by Gasteiger charge is -2.20. The Balaban J connectivity index is 1.30. The summed E-state index contributed by atoms with van der Waals surface area (Å²) in [6.45, 7) is 2.43. The van der Waals surface area contributed by atoms with Crippen molar-refractivity contribution in [3.05, 3.63) is 71.6 Å². The van der Waals surface area contributed by atoms with E-state index in [9.17, 15) is 0 Å². The second kappa shape index (κ2) is 9.01. The summed E-state index contributed by atoms with van der Waals surface area (Å²) < 4.78 is 5.59. The fourth-order valence-electron chi connectivity index (χ4n) is 3.45. The van der Waals surface area contributed by atoms with Crippen LogP contribution in [0, 0.1) is 0 Å². The largest absolute Gasteiger partial charge is 0.444 e. The molecule has 0 bridgehead atoms. The Kier molecular flexibility index (Phi) is 6.00. The number of hydrogen-bond donors (Lipinski definition) is 2. The lowest BCUT2D eigenvalue weighted by atomic mass is 10.2. The number of rotatable bonds is 5. The number of hydrogen-bond acceptors (Lipinski definition) is 4. The number of guanidine groups is 1. The van der Waals surface area contributed by atoms with Crippen molar-refractivity contribution < 1.29 is 4.42 Å². The number of benzene rings is 2. The number of aromatic nitrogens is 1. The second-order valence-electron chi connectivity index (χ2n) is 6.99. The van der Waals surface area contributed by atoms with Gasteiger partial charge in [0, 0.05) is 42.5 Å². The Bertz CT molecular complexity index is 972. The van der Waals surface area contributed by atoms with Gasteiger partial charge in [0.25, 0.3) is 0 Å². The standard InChI is InChI=1S/C22H24ClN5O/c1-24-22(25-13-19-15-29-21(26-19)16-6-3-2-4-7-16)27-18-10-11-28(14-18)20-9-5-8-17(23)12-20/h2-9,12,15,18H,10-11,13-14H2,1H3,(H2,24,25,27). The maximum absolute atomic E-state index is 6.12. The highest BCUT2D eigenvalue weighted by Crippen LogP contribution is 2.23. The average Bonchev–Trinajstić information content (AvgIpc) is 3.41. The van der Waals surface area contributed by atoms with Gasteiger partial charge in [0.1, 0.15) is 6.26 Å². The van der Waals surface area contributed by atoms with Crippen LogP contribution in [0.5, 0.6) is 0 Å². The third-order valence-corrected chi connectivity index (χ3v) is 5.17. The van der Waals surface area contributed by atoms with Gasteiger partial charge in [-0.25, -0.2) is 4.98 Å². The number of oxazole rings is 1. The maximum Gasteiger partial charge on any atom is 0.226 e. The van der Waals surface area contributed by atoms with Crippen LogP contribution in [0.1, 0.15) is 12.1 Å². The van der Waals surface area contributed by atoms with Crippen LogP contribution in [0.25, 0.3) is 11.5 Å². The van der Waals surface area contributed by atoms with Crippen LogP contribution in [0.15, 0.2) is 70.3 Å². The van der Waals surface area contributed by atoms with E-state index in [1.165, 1.54) is 0 Å². The number of aliphatic imine (C=N–C) groups is 1. The van der Waals surface area contributed by atoms with Gasteiger partial charge in [0.15, 0.2) is 5.96 Å². The van der Waals surface area contributed by atoms with Crippen molar-refractivity contribution in [3.8, 4) is 11.5 Å². The molecule has 0 radical (unpaired) electrons. The molecule has 1 unspecified atom stereocenters. The molecule has 1 aliphatic heterocycles. The predicted molar refractivity (Wildman–Crippen MR) is 117 cm³/mol. The minimum Gasteiger partial charge on any atom is -0.444 e. The summed E-state index contributed by atoms with van der Waals surface area (Å²) in [7, 11) is 1.78. The molecule has 1 aromatic heterocycles. The number of nitrogens with zero attached hydrogens (tertiary/aromatic N) is 3. The topological polar surface area (TPSA) is 65.7 Å². The molecule has 0 amide bonds. The molecule has 1 atom stereocenters. The van der Waals surface area contributed by atoms with Crippen LogP contribution in [0.2, 0.25) is 5.02 Å². The van der Waals surface area contributed by atoms with Crippen LogP contribution in [0.3, 0.4) is 0 Å². The van der Waals surface area contributed by atoms with E-state index >= 15 is 0 Å². The van der Waals surface area contributed by atoms with E-state index in [4.69, 9.17) is 16.0 Å². The van der Waals surface area contributed by atoms with Gasteiger partial charge < -0.3 is 20.0 Å². The maximum atomic E-state index is 6.12. The van der Waals surface area contributed by atoms with Gasteiger partial charge >= 0.3 is 0 Å². The minimum absolute atomic E-state index is 0.317. The molecule has 0 saturated carbocycles. The molecular weight excluding hydrogens is 386 g/mol. The molecule has 2 aromatic carbocycles. The van der Waals surface area contributed by atoms with Crippen LogP contribution < -0.4 is 15.5 Å². The SMILES string of the molecule is CN=C(NCc1coc(-c2ccccc2)n1)NC1CCN(c2cccc(Cl)c2)C1. The van der Waals surface area contributed by atoms with Crippen molar-refractivity contribution in [2.75, 3.05) is 25.0 Å². The highest BCUT2D eigenvalue weighted by molar-refractivity contribution is 6.30. The Labute approximate surface area is 175 Å². The first-order chi connectivity index (χ1) is 14.2. The van der Waals surface area contributed by atoms with E-state index in [1.54, 1.807) is 13.3 Å². The minimum atomic E-state index is 0.317. The predicted octanol–water partition coefficient (Wildman–Crippen LogP) is 3.94. The first-order valence-electron chi connectivity index (χ1n) is 9.69. The summed E-state index contributed by atoms with van der Waals surface area (Å²) in [5.41, 5.74) is 2.95. The van der Waals surface area contributed by atoms with Gasteiger partial charge in [0.05, 0.1) is 12.2 Å². The Morgan fingerprint density at radius 3 is 2.90 bits per heavy atom. The zero-order valence-electron chi connectivity index (χ0n) is 16.3. The summed E-state index contributed by atoms with van der Waals surface area (Å²) in [6.07, 6.45) is 2.72. The van der Waals surface area contributed by atoms with E-state index in [0.29, 0.717) is 18.5 Å². The van der Waals surface area contributed by atoms with Gasteiger partial charge in [0.2, 0.25) is 5.89 Å². The third-order valence-electron chi connectivity index (χ3n) is 4.94. The zero-order valence-corrected chi connectivity index (χ0v) is 17.1. The Morgan fingerprint density at radius 1 is 1.24 bits per heavy atom. The highest BCUT2D eigenvalue weighted by Gasteiger charge is 2.23. The summed E-state index contributed by atoms with van der Waals surface area (Å²) in [5.74, 6) is 1.38. The molecule has 0 spiro atoms. The van der Waals surface area contributed by atoms with Crippen molar-refractivity contribution in [2.45, 2.75) is 19.0 Å². The van der Waals surface area contributed by atoms with E-state index < -0.39 is 0 Å². The third kappa shape index (κ3) is 4.90. The first-order valence-corrected chi connectivity index (χ1v) is 10.1. The lowest BCUT2D eigenvalue weighted by molar-refractivity contribution is 0.572. The van der Waals surface area contributed by atoms with Crippen LogP contribution in [-0.2, 0) is 6.54 Å². The van der Waals surface area contributed by atoms with Gasteiger partial charge in [-0.05, 0) is 36.8 Å². The monoisotopic (exact) mass is 409 g/mol. The smallest absolute Gasteiger partial charge is 0.226 e. The number of halogens is 1. The van der Waals surface area contributed by atoms with Gasteiger partial charge in [-0.1, -0.05) is 35.9 Å². The van der Waals surface area contributed by atoms with Crippen molar-refractivity contribution in [2.24, 2.45) is 4.99 Å². The molecule has 1 aliphatic rings. The molecule has 4 rings (SSSR count). The molecule has 150 valence electrons. The van der Waals surface area contributed by atoms with Gasteiger partial charge in [-0.3, -0.25) is 4.99 Å². The van der Waals surface area contributed by atoms with Crippen molar-refractivity contribution in [1.29, 1.82) is 0 Å². The molecule has 29 heavy (non-hydrogen) atoms. The zero-order chi connectivity index (χ0) is 20.1. The summed E-state index contributed by atoms with van der Waals surface area (Å²) in [6, 6.07) is 18.2. The van der Waals surface area contributed by atoms with E-state index in [-0.39, 0.29) is 0 Å². The summed E-state index contributed by atoms with van der Waals surface area (Å²) in [4.78, 5) is 11.2. The van der Waals surface area contributed by atoms with E-state index in [0.717, 1.165) is 47.4 Å². The Hall–Kier alpha value is -2.99. The van der Waals surface area contributed by atoms with Crippen LogP contribution >= 0.6 is 11.6 Å². The lowest BCUT2D eigenvalue weighted by Crippen LogP contribution is -2.44. The molecule has 2 N–H and O–H groups in total. The molecule has 1 fully saturated rings. The van der Waals surface area contributed by atoms with Crippen molar-refractivity contribution in [1.82, 2.24) is 15.6 Å². The quantitative estimate of drug-likeness (QED) is 0.493. The fraction of sp³-hybridized carbons (Fsp3) is 0.273. The van der Waals surface area contributed by atoms with Crippen LogP contribution in [-0.4, -0.2) is 37.1 Å². The first kappa shape index (κ1) is 19.3. The number of nitrogens with one attached hydrogen (secondary N) is 2. The second-order valence-corrected chi connectivity index (χ2v) is 7.43. The van der Waals surface area contributed by atoms with Gasteiger partial charge in [-0.2, -0.15) is 0 Å². The Morgan fingerprint density at radius 2 is 2.10 bits per heavy atom. The molecular formula is C22H24ClN5O. The van der Waals surface area contributed by atoms with E-state index in [1.807, 2.05) is 48.5 Å². The molecule has 6 nitrogen and oxygen atoms in total. The van der Waals surface area contributed by atoms with Gasteiger partial charge in [-0.15, -0.1) is 0 Å². The number of anilines is 1. The highest BCUT2D eigenvalue weighted by atomic mass is 35.5. The summed E-state index contributed by atoms with van der Waals surface area (Å²) >= 11 is 6.12. The molecule has 7 heteroatoms. The molecule has 2 heterocycles.